The van der Waals surface area contributed by atoms with Crippen molar-refractivity contribution in [3.05, 3.63) is 157 Å². The van der Waals surface area contributed by atoms with Gasteiger partial charge in [-0.3, -0.25) is 9.97 Å². The van der Waals surface area contributed by atoms with E-state index in [0.29, 0.717) is 50.9 Å². The molecule has 0 saturated carbocycles. The lowest BCUT2D eigenvalue weighted by Gasteiger charge is -2.34. The molecule has 14 heteroatoms. The van der Waals surface area contributed by atoms with Crippen molar-refractivity contribution in [2.24, 2.45) is 0 Å². The van der Waals surface area contributed by atoms with Gasteiger partial charge < -0.3 is 38.5 Å². The minimum Gasteiger partial charge on any atom is -0.493 e. The molecule has 2 amide bonds. The summed E-state index contributed by atoms with van der Waals surface area (Å²) in [5.41, 5.74) is 3.37. The smallest absolute Gasteiger partial charge is 0.415 e. The van der Waals surface area contributed by atoms with Gasteiger partial charge in [-0.2, -0.15) is 0 Å². The molecule has 6 heterocycles. The summed E-state index contributed by atoms with van der Waals surface area (Å²) in [6, 6.07) is 32.4. The van der Waals surface area contributed by atoms with Crippen LogP contribution in [0.4, 0.5) is 21.2 Å². The van der Waals surface area contributed by atoms with Gasteiger partial charge in [0.1, 0.15) is 34.6 Å². The van der Waals surface area contributed by atoms with Crippen molar-refractivity contribution in [1.82, 2.24) is 29.7 Å². The van der Waals surface area contributed by atoms with E-state index in [-0.39, 0.29) is 12.2 Å². The summed E-state index contributed by atoms with van der Waals surface area (Å²) in [7, 11) is 0. The molecule has 4 aromatic heterocycles. The second-order valence-corrected chi connectivity index (χ2v) is 14.4. The van der Waals surface area contributed by atoms with Crippen LogP contribution >= 0.6 is 0 Å². The second-order valence-electron chi connectivity index (χ2n) is 14.4. The number of aryl methyl sites for hydroxylation is 1. The fourth-order valence-electron chi connectivity index (χ4n) is 6.65. The van der Waals surface area contributed by atoms with Crippen molar-refractivity contribution in [1.29, 1.82) is 0 Å². The number of ether oxygens (including phenoxy) is 4. The van der Waals surface area contributed by atoms with Crippen LogP contribution in [0.15, 0.2) is 140 Å². The molecule has 2 saturated heterocycles. The van der Waals surface area contributed by atoms with Gasteiger partial charge in [0.25, 0.3) is 0 Å². The van der Waals surface area contributed by atoms with E-state index in [1.54, 1.807) is 40.8 Å². The Kier molecular flexibility index (Phi) is 14.9. The Bertz CT molecular complexity index is 2220. The van der Waals surface area contributed by atoms with E-state index in [9.17, 15) is 9.59 Å². The molecule has 14 nitrogen and oxygen atoms in total. The summed E-state index contributed by atoms with van der Waals surface area (Å²) < 4.78 is 22.5. The first-order chi connectivity index (χ1) is 29.9. The van der Waals surface area contributed by atoms with Crippen LogP contribution in [0, 0.1) is 6.92 Å². The number of amides is 2. The van der Waals surface area contributed by atoms with Crippen LogP contribution in [-0.2, 0) is 12.8 Å². The van der Waals surface area contributed by atoms with Gasteiger partial charge in [-0.1, -0.05) is 36.4 Å². The number of hydrogen-bond donors (Lipinski definition) is 0. The van der Waals surface area contributed by atoms with Gasteiger partial charge in [0, 0.05) is 102 Å². The first-order valence-electron chi connectivity index (χ1n) is 20.5. The number of piperazine rings is 2. The Hall–Kier alpha value is -7.22. The van der Waals surface area contributed by atoms with Crippen LogP contribution in [0.3, 0.4) is 0 Å². The summed E-state index contributed by atoms with van der Waals surface area (Å²) in [6.45, 7) is 8.56. The summed E-state index contributed by atoms with van der Waals surface area (Å²) >= 11 is 0. The monoisotopic (exact) mass is 822 g/mol. The third kappa shape index (κ3) is 12.9. The van der Waals surface area contributed by atoms with E-state index in [0.717, 1.165) is 78.8 Å². The molecule has 2 aliphatic heterocycles. The fourth-order valence-corrected chi connectivity index (χ4v) is 6.65. The quantitative estimate of drug-likeness (QED) is 0.124. The lowest BCUT2D eigenvalue weighted by molar-refractivity contribution is 0.148. The highest BCUT2D eigenvalue weighted by Crippen LogP contribution is 2.20. The first-order valence-corrected chi connectivity index (χ1v) is 20.5. The van der Waals surface area contributed by atoms with Gasteiger partial charge in [0.2, 0.25) is 0 Å². The molecule has 0 unspecified atom stereocenters. The Morgan fingerprint density at radius 1 is 0.492 bits per heavy atom. The van der Waals surface area contributed by atoms with E-state index in [1.165, 1.54) is 0 Å². The van der Waals surface area contributed by atoms with Crippen molar-refractivity contribution in [3.8, 4) is 23.0 Å². The van der Waals surface area contributed by atoms with Crippen LogP contribution in [0.25, 0.3) is 0 Å². The number of carbonyl (C=O) groups excluding carboxylic acids is 2. The maximum absolute atomic E-state index is 12.5. The SMILES string of the molecule is Cc1ccc(N2CCN(C(=O)Oc3ccc(CCOc4ccncc4)cc3)CC2)nc1.O=C(Oc1ccc(CCOc2ccncc2)cc1)N1CCN(c2ccccn2)CC1. The van der Waals surface area contributed by atoms with Gasteiger partial charge in [-0.05, 0) is 90.3 Å². The molecule has 0 aliphatic carbocycles. The first kappa shape index (κ1) is 41.9. The average molecular weight is 823 g/mol. The van der Waals surface area contributed by atoms with E-state index in [2.05, 4.69) is 35.8 Å². The van der Waals surface area contributed by atoms with Crippen LogP contribution < -0.4 is 28.7 Å². The van der Waals surface area contributed by atoms with E-state index >= 15 is 0 Å². The maximum atomic E-state index is 12.5. The van der Waals surface area contributed by atoms with Gasteiger partial charge >= 0.3 is 12.2 Å². The highest BCUT2D eigenvalue weighted by Gasteiger charge is 2.24. The summed E-state index contributed by atoms with van der Waals surface area (Å²) in [6.07, 6.45) is 11.4. The zero-order valence-corrected chi connectivity index (χ0v) is 34.3. The van der Waals surface area contributed by atoms with Crippen molar-refractivity contribution in [2.75, 3.05) is 75.4 Å². The van der Waals surface area contributed by atoms with Crippen LogP contribution in [-0.4, -0.2) is 107 Å². The topological polar surface area (TPSA) is 136 Å². The second kappa shape index (κ2) is 21.7. The summed E-state index contributed by atoms with van der Waals surface area (Å²) in [5.74, 6) is 4.59. The zero-order valence-electron chi connectivity index (χ0n) is 34.3. The minimum absolute atomic E-state index is 0.315. The zero-order chi connectivity index (χ0) is 42.1. The fraction of sp³-hybridized carbons (Fsp3) is 0.277. The molecule has 0 spiro atoms. The Balaban J connectivity index is 0.000000184. The van der Waals surface area contributed by atoms with Gasteiger partial charge in [0.15, 0.2) is 0 Å². The van der Waals surface area contributed by atoms with Gasteiger partial charge in [0.05, 0.1) is 13.2 Å². The largest absolute Gasteiger partial charge is 0.493 e. The van der Waals surface area contributed by atoms with Crippen molar-refractivity contribution in [2.45, 2.75) is 19.8 Å². The molecule has 314 valence electrons. The van der Waals surface area contributed by atoms with Crippen molar-refractivity contribution in [3.63, 3.8) is 0 Å². The molecule has 0 N–H and O–H groups in total. The molecule has 6 aromatic rings. The standard InChI is InChI=1S/C24H26N4O3.C23H24N4O3/c1-19-2-7-23(26-18-19)27-13-15-28(16-14-27)24(29)31-22-5-3-20(4-6-22)10-17-30-21-8-11-25-12-9-21;28-23(27-16-14-26(15-17-27)22-3-1-2-11-25-22)30-21-6-4-19(5-7-21)10-18-29-20-8-12-24-13-9-20/h2-9,11-12,18H,10,13-17H2,1H3;1-9,11-13H,10,14-18H2. The third-order valence-electron chi connectivity index (χ3n) is 10.1. The number of hydrogen-bond acceptors (Lipinski definition) is 12. The number of aromatic nitrogens is 4. The predicted molar refractivity (Wildman–Crippen MR) is 233 cm³/mol. The van der Waals surface area contributed by atoms with E-state index < -0.39 is 0 Å². The van der Waals surface area contributed by atoms with Gasteiger partial charge in [-0.25, -0.2) is 19.6 Å². The number of rotatable bonds is 12. The molecule has 2 aromatic carbocycles. The Labute approximate surface area is 356 Å². The number of pyridine rings is 4. The molecule has 0 atom stereocenters. The molecule has 0 bridgehead atoms. The van der Waals surface area contributed by atoms with Crippen molar-refractivity contribution < 1.29 is 28.5 Å². The molecule has 8 rings (SSSR count). The maximum Gasteiger partial charge on any atom is 0.415 e. The van der Waals surface area contributed by atoms with E-state index in [1.807, 2.05) is 110 Å². The summed E-state index contributed by atoms with van der Waals surface area (Å²) in [5, 5.41) is 0. The van der Waals surface area contributed by atoms with Gasteiger partial charge in [-0.15, -0.1) is 0 Å². The van der Waals surface area contributed by atoms with Crippen LogP contribution in [0.1, 0.15) is 16.7 Å². The molecular weight excluding hydrogens is 773 g/mol. The third-order valence-corrected chi connectivity index (χ3v) is 10.1. The molecule has 2 fully saturated rings. The lowest BCUT2D eigenvalue weighted by Crippen LogP contribution is -2.49. The number of anilines is 2. The lowest BCUT2D eigenvalue weighted by atomic mass is 10.1. The molecular formula is C47H50N8O6. The predicted octanol–water partition coefficient (Wildman–Crippen LogP) is 7.15. The highest BCUT2D eigenvalue weighted by atomic mass is 16.6. The Morgan fingerprint density at radius 2 is 0.951 bits per heavy atom. The van der Waals surface area contributed by atoms with Crippen molar-refractivity contribution >= 4 is 23.8 Å². The Morgan fingerprint density at radius 3 is 1.36 bits per heavy atom. The number of nitrogens with zero attached hydrogens (tertiary/aromatic N) is 8. The number of carbonyl (C=O) groups is 2. The highest BCUT2D eigenvalue weighted by molar-refractivity contribution is 5.71. The van der Waals surface area contributed by atoms with Crippen LogP contribution in [0.2, 0.25) is 0 Å². The normalized spacial score (nSPS) is 13.7. The van der Waals surface area contributed by atoms with E-state index in [4.69, 9.17) is 18.9 Å². The molecule has 61 heavy (non-hydrogen) atoms. The number of benzene rings is 2. The molecule has 0 radical (unpaired) electrons. The summed E-state index contributed by atoms with van der Waals surface area (Å²) in [4.78, 5) is 49.6. The average Bonchev–Trinajstić information content (AvgIpc) is 3.32. The molecule has 2 aliphatic rings. The minimum atomic E-state index is -0.315. The van der Waals surface area contributed by atoms with Crippen LogP contribution in [0.5, 0.6) is 23.0 Å².